The fraction of sp³-hybridized carbons (Fsp3) is 0.533. The second kappa shape index (κ2) is 6.44. The number of nitrogens with zero attached hydrogens (tertiary/aromatic N) is 3. The Morgan fingerprint density at radius 2 is 2.13 bits per heavy atom. The number of aromatic nitrogens is 1. The molecular weight excluding hydrogens is 309 g/mol. The van der Waals surface area contributed by atoms with Crippen LogP contribution in [0.1, 0.15) is 31.0 Å². The predicted molar refractivity (Wildman–Crippen MR) is 77.6 cm³/mol. The van der Waals surface area contributed by atoms with Crippen LogP contribution in [-0.4, -0.2) is 40.6 Å². The summed E-state index contributed by atoms with van der Waals surface area (Å²) in [6, 6.07) is 3.28. The molecule has 1 aromatic heterocycles. The number of carbonyl (C=O) groups is 1. The molecule has 0 bridgehead atoms. The molecule has 23 heavy (non-hydrogen) atoms. The second-order valence-electron chi connectivity index (χ2n) is 5.62. The molecule has 124 valence electrons. The van der Waals surface area contributed by atoms with Crippen LogP contribution in [0.5, 0.6) is 0 Å². The third-order valence-electron chi connectivity index (χ3n) is 3.92. The maximum absolute atomic E-state index is 13.0. The van der Waals surface area contributed by atoms with Crippen LogP contribution >= 0.6 is 0 Å². The maximum atomic E-state index is 13.0. The number of amides is 1. The van der Waals surface area contributed by atoms with Gasteiger partial charge in [-0.25, -0.2) is 4.98 Å². The van der Waals surface area contributed by atoms with E-state index in [0.29, 0.717) is 5.82 Å². The van der Waals surface area contributed by atoms with E-state index in [1.807, 2.05) is 6.07 Å². The molecule has 2 heterocycles. The third-order valence-corrected chi connectivity index (χ3v) is 3.92. The van der Waals surface area contributed by atoms with Crippen LogP contribution in [0.2, 0.25) is 0 Å². The van der Waals surface area contributed by atoms with Crippen molar-refractivity contribution in [3.05, 3.63) is 23.4 Å². The normalized spacial score (nSPS) is 21.7. The largest absolute Gasteiger partial charge is 0.408 e. The minimum absolute atomic E-state index is 0.0447. The summed E-state index contributed by atoms with van der Waals surface area (Å²) in [5, 5.41) is 12.0. The van der Waals surface area contributed by atoms with Crippen molar-refractivity contribution in [2.24, 2.45) is 0 Å². The highest BCUT2D eigenvalue weighted by Gasteiger charge is 2.47. The molecule has 0 aromatic carbocycles. The first kappa shape index (κ1) is 17.1. The number of halogens is 3. The molecule has 0 aliphatic carbocycles. The van der Waals surface area contributed by atoms with E-state index in [-0.39, 0.29) is 31.1 Å². The van der Waals surface area contributed by atoms with Crippen LogP contribution in [0, 0.1) is 18.3 Å². The molecule has 1 aromatic rings. The summed E-state index contributed by atoms with van der Waals surface area (Å²) >= 11 is 0. The third kappa shape index (κ3) is 3.92. The van der Waals surface area contributed by atoms with Crippen molar-refractivity contribution < 1.29 is 18.0 Å². The average molecular weight is 326 g/mol. The lowest BCUT2D eigenvalue weighted by Gasteiger charge is -2.40. The first-order valence-electron chi connectivity index (χ1n) is 7.20. The lowest BCUT2D eigenvalue weighted by molar-refractivity contribution is -0.195. The van der Waals surface area contributed by atoms with Crippen molar-refractivity contribution in [2.75, 3.05) is 11.9 Å². The number of alkyl halides is 3. The van der Waals surface area contributed by atoms with Crippen molar-refractivity contribution >= 4 is 11.7 Å². The Balaban J connectivity index is 2.12. The zero-order chi connectivity index (χ0) is 17.2. The van der Waals surface area contributed by atoms with Gasteiger partial charge in [0.05, 0.1) is 0 Å². The van der Waals surface area contributed by atoms with Gasteiger partial charge in [0.2, 0.25) is 5.91 Å². The number of pyridine rings is 1. The molecule has 1 fully saturated rings. The van der Waals surface area contributed by atoms with Gasteiger partial charge in [-0.05, 0) is 31.4 Å². The summed E-state index contributed by atoms with van der Waals surface area (Å²) in [6.45, 7) is 2.84. The van der Waals surface area contributed by atoms with Gasteiger partial charge < -0.3 is 10.2 Å². The number of anilines is 1. The van der Waals surface area contributed by atoms with Crippen molar-refractivity contribution in [3.63, 3.8) is 0 Å². The van der Waals surface area contributed by atoms with Gasteiger partial charge in [0.1, 0.15) is 23.6 Å². The van der Waals surface area contributed by atoms with Crippen LogP contribution in [-0.2, 0) is 4.79 Å². The minimum atomic E-state index is -4.42. The van der Waals surface area contributed by atoms with Crippen LogP contribution in [0.25, 0.3) is 0 Å². The Kier molecular flexibility index (Phi) is 4.78. The Morgan fingerprint density at radius 1 is 1.43 bits per heavy atom. The number of nitrogens with one attached hydrogen (secondary N) is 1. The molecule has 0 unspecified atom stereocenters. The smallest absolute Gasteiger partial charge is 0.366 e. The van der Waals surface area contributed by atoms with Gasteiger partial charge in [-0.2, -0.15) is 18.4 Å². The molecule has 1 amide bonds. The molecule has 1 saturated heterocycles. The van der Waals surface area contributed by atoms with Crippen molar-refractivity contribution in [3.8, 4) is 6.07 Å². The Labute approximate surface area is 132 Å². The Bertz CT molecular complexity index is 639. The molecule has 1 N–H and O–H groups in total. The van der Waals surface area contributed by atoms with Gasteiger partial charge in [0.25, 0.3) is 0 Å². The highest BCUT2D eigenvalue weighted by molar-refractivity contribution is 5.74. The topological polar surface area (TPSA) is 69.0 Å². The summed E-state index contributed by atoms with van der Waals surface area (Å²) in [5.74, 6) is -0.181. The zero-order valence-corrected chi connectivity index (χ0v) is 12.8. The molecule has 8 heteroatoms. The van der Waals surface area contributed by atoms with Crippen LogP contribution in [0.15, 0.2) is 12.1 Å². The van der Waals surface area contributed by atoms with Crippen molar-refractivity contribution in [1.29, 1.82) is 5.26 Å². The molecule has 0 saturated carbocycles. The van der Waals surface area contributed by atoms with Gasteiger partial charge >= 0.3 is 6.18 Å². The summed E-state index contributed by atoms with van der Waals surface area (Å²) < 4.78 is 39.0. The maximum Gasteiger partial charge on any atom is 0.408 e. The standard InChI is InChI=1S/C15H17F3N4O/c1-9-3-6-14(21-12(9)7-19)20-11-4-5-13(15(16,17)18)22(8-11)10(2)23/h3,6,11,13H,4-5,8H2,1-2H3,(H,20,21)/t11-,13-/m0/s1. The van der Waals surface area contributed by atoms with Gasteiger partial charge in [-0.15, -0.1) is 0 Å². The average Bonchev–Trinajstić information content (AvgIpc) is 2.48. The predicted octanol–water partition coefficient (Wildman–Crippen LogP) is 2.62. The van der Waals surface area contributed by atoms with E-state index in [1.54, 1.807) is 19.1 Å². The zero-order valence-electron chi connectivity index (χ0n) is 12.8. The second-order valence-corrected chi connectivity index (χ2v) is 5.62. The van der Waals surface area contributed by atoms with E-state index in [4.69, 9.17) is 5.26 Å². The van der Waals surface area contributed by atoms with E-state index < -0.39 is 18.1 Å². The minimum Gasteiger partial charge on any atom is -0.366 e. The summed E-state index contributed by atoms with van der Waals surface area (Å²) in [4.78, 5) is 16.5. The lowest BCUT2D eigenvalue weighted by Crippen LogP contribution is -2.55. The summed E-state index contributed by atoms with van der Waals surface area (Å²) in [6.07, 6.45) is -4.31. The number of carbonyl (C=O) groups excluding carboxylic acids is 1. The van der Waals surface area contributed by atoms with E-state index in [2.05, 4.69) is 10.3 Å². The van der Waals surface area contributed by atoms with Crippen LogP contribution < -0.4 is 5.32 Å². The first-order chi connectivity index (χ1) is 10.7. The number of nitriles is 1. The summed E-state index contributed by atoms with van der Waals surface area (Å²) in [5.41, 5.74) is 0.992. The lowest BCUT2D eigenvalue weighted by atomic mass is 9.97. The molecular formula is C15H17F3N4O. The Hall–Kier alpha value is -2.30. The van der Waals surface area contributed by atoms with Crippen LogP contribution in [0.3, 0.4) is 0 Å². The Morgan fingerprint density at radius 3 is 2.70 bits per heavy atom. The van der Waals surface area contributed by atoms with E-state index in [0.717, 1.165) is 17.4 Å². The molecule has 1 aliphatic rings. The summed E-state index contributed by atoms with van der Waals surface area (Å²) in [7, 11) is 0. The molecule has 1 aliphatic heterocycles. The van der Waals surface area contributed by atoms with Crippen molar-refractivity contribution in [2.45, 2.75) is 44.9 Å². The highest BCUT2D eigenvalue weighted by Crippen LogP contribution is 2.32. The highest BCUT2D eigenvalue weighted by atomic mass is 19.4. The van der Waals surface area contributed by atoms with Gasteiger partial charge in [-0.3, -0.25) is 4.79 Å². The first-order valence-corrected chi connectivity index (χ1v) is 7.20. The number of rotatable bonds is 2. The fourth-order valence-electron chi connectivity index (χ4n) is 2.71. The number of likely N-dealkylation sites (tertiary alicyclic amines) is 1. The van der Waals surface area contributed by atoms with Crippen LogP contribution in [0.4, 0.5) is 19.0 Å². The SMILES string of the molecule is CC(=O)N1C[C@@H](Nc2ccc(C)c(C#N)n2)CC[C@H]1C(F)(F)F. The molecule has 0 radical (unpaired) electrons. The van der Waals surface area contributed by atoms with Gasteiger partial charge in [0, 0.05) is 19.5 Å². The molecule has 2 atom stereocenters. The van der Waals surface area contributed by atoms with E-state index in [1.165, 1.54) is 0 Å². The van der Waals surface area contributed by atoms with Crippen molar-refractivity contribution in [1.82, 2.24) is 9.88 Å². The number of hydrogen-bond donors (Lipinski definition) is 1. The number of aryl methyl sites for hydroxylation is 1. The number of piperidine rings is 1. The fourth-order valence-corrected chi connectivity index (χ4v) is 2.71. The quantitative estimate of drug-likeness (QED) is 0.907. The van der Waals surface area contributed by atoms with E-state index in [9.17, 15) is 18.0 Å². The van der Waals surface area contributed by atoms with Gasteiger partial charge in [-0.1, -0.05) is 6.07 Å². The van der Waals surface area contributed by atoms with E-state index >= 15 is 0 Å². The van der Waals surface area contributed by atoms with Gasteiger partial charge in [0.15, 0.2) is 0 Å². The molecule has 5 nitrogen and oxygen atoms in total. The molecule has 0 spiro atoms. The number of hydrogen-bond acceptors (Lipinski definition) is 4. The molecule has 2 rings (SSSR count). The monoisotopic (exact) mass is 326 g/mol.